The predicted octanol–water partition coefficient (Wildman–Crippen LogP) is 3.33. The number of hydrogen-bond donors (Lipinski definition) is 0. The van der Waals surface area contributed by atoms with Crippen molar-refractivity contribution in [2.75, 3.05) is 31.9 Å². The molecule has 188 valence electrons. The number of halogens is 1. The molecule has 0 aliphatic rings. The summed E-state index contributed by atoms with van der Waals surface area (Å²) in [5, 5.41) is 4.76. The van der Waals surface area contributed by atoms with Crippen molar-refractivity contribution in [1.29, 1.82) is 0 Å². The summed E-state index contributed by atoms with van der Waals surface area (Å²) in [7, 11) is -0.772. The lowest BCUT2D eigenvalue weighted by atomic mass is 10.2. The third-order valence-corrected chi connectivity index (χ3v) is 5.96. The summed E-state index contributed by atoms with van der Waals surface area (Å²) in [6.07, 6.45) is 1.89. The number of nitrogens with zero attached hydrogens (tertiary/aromatic N) is 5. The number of sulfone groups is 1. The Balaban J connectivity index is 2.09. The van der Waals surface area contributed by atoms with Crippen LogP contribution in [0.3, 0.4) is 0 Å². The Labute approximate surface area is 208 Å². The van der Waals surface area contributed by atoms with Gasteiger partial charge in [0.2, 0.25) is 0 Å². The molecule has 2 heterocycles. The lowest BCUT2D eigenvalue weighted by Gasteiger charge is -2.27. The summed E-state index contributed by atoms with van der Waals surface area (Å²) in [5.74, 6) is -0.524. The highest BCUT2D eigenvalue weighted by Crippen LogP contribution is 2.35. The molecule has 0 saturated carbocycles. The summed E-state index contributed by atoms with van der Waals surface area (Å²) < 4.78 is 36.2. The Bertz CT molecular complexity index is 1380. The summed E-state index contributed by atoms with van der Waals surface area (Å²) in [5.41, 5.74) is -0.153. The van der Waals surface area contributed by atoms with Crippen molar-refractivity contribution in [3.05, 3.63) is 41.6 Å². The van der Waals surface area contributed by atoms with Crippen LogP contribution in [0.15, 0.2) is 41.4 Å². The van der Waals surface area contributed by atoms with Crippen LogP contribution in [0.1, 0.15) is 20.8 Å². The SMILES string of the molecule is COc1cc(S(C)(=O)=O)ccc1N(C(=O)CN(C)C(=O)OC(C)(C)C)c1nc2ccc(Cl)cn2n1. The second kappa shape index (κ2) is 9.70. The minimum Gasteiger partial charge on any atom is -0.495 e. The van der Waals surface area contributed by atoms with Crippen molar-refractivity contribution in [2.45, 2.75) is 31.3 Å². The van der Waals surface area contributed by atoms with Crippen molar-refractivity contribution in [3.63, 3.8) is 0 Å². The van der Waals surface area contributed by atoms with Gasteiger partial charge in [-0.05, 0) is 45.0 Å². The first kappa shape index (κ1) is 26.2. The van der Waals surface area contributed by atoms with Gasteiger partial charge < -0.3 is 14.4 Å². The summed E-state index contributed by atoms with van der Waals surface area (Å²) in [4.78, 5) is 32.6. The first-order chi connectivity index (χ1) is 16.2. The fraction of sp³-hybridized carbons (Fsp3) is 0.364. The first-order valence-corrected chi connectivity index (χ1v) is 12.6. The van der Waals surface area contributed by atoms with Crippen LogP contribution in [0, 0.1) is 0 Å². The molecule has 0 unspecified atom stereocenters. The van der Waals surface area contributed by atoms with E-state index in [1.165, 1.54) is 43.1 Å². The molecule has 0 fully saturated rings. The molecular weight excluding hydrogens is 498 g/mol. The number of ether oxygens (including phenoxy) is 2. The zero-order chi connectivity index (χ0) is 26.1. The Hall–Kier alpha value is -3.38. The van der Waals surface area contributed by atoms with E-state index in [1.54, 1.807) is 32.9 Å². The average molecular weight is 524 g/mol. The number of likely N-dealkylation sites (N-methyl/N-ethyl adjacent to an activating group) is 1. The molecule has 2 aromatic heterocycles. The number of carbonyl (C=O) groups is 2. The molecule has 0 aliphatic heterocycles. The Morgan fingerprint density at radius 1 is 1.17 bits per heavy atom. The van der Waals surface area contributed by atoms with Gasteiger partial charge in [-0.3, -0.25) is 4.79 Å². The van der Waals surface area contributed by atoms with Gasteiger partial charge in [0.15, 0.2) is 15.5 Å². The number of carbonyl (C=O) groups excluding carboxylic acids is 2. The smallest absolute Gasteiger partial charge is 0.410 e. The van der Waals surface area contributed by atoms with Gasteiger partial charge >= 0.3 is 6.09 Å². The zero-order valence-corrected chi connectivity index (χ0v) is 21.7. The number of aromatic nitrogens is 3. The van der Waals surface area contributed by atoms with Gasteiger partial charge in [-0.15, -0.1) is 5.10 Å². The van der Waals surface area contributed by atoms with Crippen molar-refractivity contribution < 1.29 is 27.5 Å². The van der Waals surface area contributed by atoms with E-state index in [-0.39, 0.29) is 28.8 Å². The molecule has 3 aromatic rings. The third-order valence-electron chi connectivity index (χ3n) is 4.63. The van der Waals surface area contributed by atoms with Gasteiger partial charge in [-0.25, -0.2) is 22.6 Å². The van der Waals surface area contributed by atoms with E-state index in [9.17, 15) is 18.0 Å². The second-order valence-corrected chi connectivity index (χ2v) is 11.2. The van der Waals surface area contributed by atoms with Crippen molar-refractivity contribution in [3.8, 4) is 5.75 Å². The number of methoxy groups -OCH3 is 1. The summed E-state index contributed by atoms with van der Waals surface area (Å²) in [6.45, 7) is 4.76. The van der Waals surface area contributed by atoms with E-state index < -0.39 is 27.4 Å². The first-order valence-electron chi connectivity index (χ1n) is 10.4. The third kappa shape index (κ3) is 6.20. The van der Waals surface area contributed by atoms with Crippen LogP contribution in [-0.2, 0) is 19.4 Å². The van der Waals surface area contributed by atoms with Crippen LogP contribution in [0.5, 0.6) is 5.75 Å². The van der Waals surface area contributed by atoms with Crippen LogP contribution in [-0.4, -0.2) is 72.5 Å². The van der Waals surface area contributed by atoms with Gasteiger partial charge in [0.05, 0.1) is 22.7 Å². The van der Waals surface area contributed by atoms with Gasteiger partial charge in [-0.1, -0.05) is 11.6 Å². The maximum atomic E-state index is 13.5. The highest BCUT2D eigenvalue weighted by Gasteiger charge is 2.29. The average Bonchev–Trinajstić information content (AvgIpc) is 3.14. The molecule has 0 N–H and O–H groups in total. The molecular formula is C22H26ClN5O6S. The van der Waals surface area contributed by atoms with Crippen LogP contribution in [0.4, 0.5) is 16.4 Å². The fourth-order valence-electron chi connectivity index (χ4n) is 3.05. The predicted molar refractivity (Wildman–Crippen MR) is 130 cm³/mol. The monoisotopic (exact) mass is 523 g/mol. The van der Waals surface area contributed by atoms with Crippen LogP contribution in [0.25, 0.3) is 5.65 Å². The fourth-order valence-corrected chi connectivity index (χ4v) is 3.84. The molecule has 2 amide bonds. The second-order valence-electron chi connectivity index (χ2n) is 8.73. The summed E-state index contributed by atoms with van der Waals surface area (Å²) in [6, 6.07) is 7.31. The Kier molecular flexibility index (Phi) is 7.27. The van der Waals surface area contributed by atoms with Crippen molar-refractivity contribution in [2.24, 2.45) is 0 Å². The molecule has 0 atom stereocenters. The highest BCUT2D eigenvalue weighted by atomic mass is 35.5. The topological polar surface area (TPSA) is 123 Å². The lowest BCUT2D eigenvalue weighted by Crippen LogP contribution is -2.42. The molecule has 11 nitrogen and oxygen atoms in total. The lowest BCUT2D eigenvalue weighted by molar-refractivity contribution is -0.118. The molecule has 35 heavy (non-hydrogen) atoms. The number of benzene rings is 1. The molecule has 1 aromatic carbocycles. The molecule has 0 saturated heterocycles. The molecule has 0 bridgehead atoms. The van der Waals surface area contributed by atoms with E-state index in [0.717, 1.165) is 16.1 Å². The number of pyridine rings is 1. The number of amides is 2. The Morgan fingerprint density at radius 3 is 2.46 bits per heavy atom. The zero-order valence-electron chi connectivity index (χ0n) is 20.1. The minimum absolute atomic E-state index is 0.00566. The van der Waals surface area contributed by atoms with Gasteiger partial charge in [0.1, 0.15) is 17.9 Å². The van der Waals surface area contributed by atoms with Crippen molar-refractivity contribution in [1.82, 2.24) is 19.5 Å². The molecule has 13 heteroatoms. The van der Waals surface area contributed by atoms with Crippen molar-refractivity contribution >= 4 is 50.7 Å². The summed E-state index contributed by atoms with van der Waals surface area (Å²) >= 11 is 6.05. The minimum atomic E-state index is -3.54. The van der Waals surface area contributed by atoms with Gasteiger partial charge in [0.25, 0.3) is 11.9 Å². The number of anilines is 2. The van der Waals surface area contributed by atoms with E-state index in [2.05, 4.69) is 10.1 Å². The quantitative estimate of drug-likeness (QED) is 0.482. The van der Waals surface area contributed by atoms with Gasteiger partial charge in [-0.2, -0.15) is 4.98 Å². The van der Waals surface area contributed by atoms with E-state index in [1.807, 2.05) is 0 Å². The van der Waals surface area contributed by atoms with E-state index in [0.29, 0.717) is 10.7 Å². The molecule has 0 radical (unpaired) electrons. The molecule has 0 spiro atoms. The van der Waals surface area contributed by atoms with E-state index >= 15 is 0 Å². The maximum Gasteiger partial charge on any atom is 0.410 e. The van der Waals surface area contributed by atoms with Crippen LogP contribution in [0.2, 0.25) is 5.02 Å². The largest absolute Gasteiger partial charge is 0.495 e. The van der Waals surface area contributed by atoms with Gasteiger partial charge in [0, 0.05) is 25.6 Å². The number of fused-ring (bicyclic) bond motifs is 1. The molecule has 3 rings (SSSR count). The number of rotatable bonds is 6. The maximum absolute atomic E-state index is 13.5. The highest BCUT2D eigenvalue weighted by molar-refractivity contribution is 7.90. The normalized spacial score (nSPS) is 11.9. The van der Waals surface area contributed by atoms with Crippen LogP contribution >= 0.6 is 11.6 Å². The number of hydrogen-bond acceptors (Lipinski definition) is 8. The Morgan fingerprint density at radius 2 is 1.86 bits per heavy atom. The van der Waals surface area contributed by atoms with E-state index in [4.69, 9.17) is 21.1 Å². The standard InChI is InChI=1S/C22H26ClN5O6S/c1-22(2,3)34-21(30)26(4)13-19(29)28(20-24-18-10-7-14(23)12-27(18)25-20)16-9-8-15(35(6,31)32)11-17(16)33-5/h7-12H,13H2,1-6H3. The van der Waals surface area contributed by atoms with Crippen LogP contribution < -0.4 is 9.64 Å². The molecule has 0 aliphatic carbocycles.